The third kappa shape index (κ3) is 3.63. The van der Waals surface area contributed by atoms with Crippen LogP contribution in [-0.2, 0) is 4.74 Å². The van der Waals surface area contributed by atoms with Crippen molar-refractivity contribution >= 4 is 17.6 Å². The molecule has 1 aliphatic rings. The van der Waals surface area contributed by atoms with E-state index in [-0.39, 0.29) is 6.09 Å². The number of aryl methyl sites for hydroxylation is 1. The summed E-state index contributed by atoms with van der Waals surface area (Å²) in [5, 5.41) is 0. The number of pyridine rings is 1. The minimum Gasteiger partial charge on any atom is -0.444 e. The molecule has 2 aromatic rings. The fourth-order valence-electron chi connectivity index (χ4n) is 3.03. The average molecular weight is 330 g/mol. The maximum Gasteiger partial charge on any atom is 0.410 e. The maximum atomic E-state index is 12.3. The number of ether oxygens (including phenoxy) is 1. The summed E-state index contributed by atoms with van der Waals surface area (Å²) in [6, 6.07) is 6.16. The molecule has 1 saturated heterocycles. The number of aromatic nitrogens is 2. The highest BCUT2D eigenvalue weighted by Gasteiger charge is 2.25. The summed E-state index contributed by atoms with van der Waals surface area (Å²) in [5.41, 5.74) is 1.51. The van der Waals surface area contributed by atoms with Crippen molar-refractivity contribution in [2.24, 2.45) is 0 Å². The van der Waals surface area contributed by atoms with Crippen LogP contribution in [0.3, 0.4) is 0 Å². The molecule has 130 valence electrons. The average Bonchev–Trinajstić information content (AvgIpc) is 2.71. The number of hydrogen-bond acceptors (Lipinski definition) is 4. The van der Waals surface area contributed by atoms with Crippen molar-refractivity contribution in [3.05, 3.63) is 30.1 Å². The molecule has 0 aliphatic carbocycles. The standard InChI is InChI=1S/C18H26N4O2/c1-14-13-22-15(19-14)7-5-8-16(22)20-9-6-10-21(12-11-20)17(23)24-18(2,3)4/h5,7-8,13H,6,9-12H2,1-4H3. The molecule has 2 aromatic heterocycles. The molecule has 0 bridgehead atoms. The quantitative estimate of drug-likeness (QED) is 0.806. The largest absolute Gasteiger partial charge is 0.444 e. The van der Waals surface area contributed by atoms with Crippen LogP contribution in [0.1, 0.15) is 32.9 Å². The van der Waals surface area contributed by atoms with Gasteiger partial charge < -0.3 is 14.5 Å². The van der Waals surface area contributed by atoms with Crippen LogP contribution >= 0.6 is 0 Å². The zero-order valence-corrected chi connectivity index (χ0v) is 15.0. The first kappa shape index (κ1) is 16.6. The highest BCUT2D eigenvalue weighted by atomic mass is 16.6. The van der Waals surface area contributed by atoms with Gasteiger partial charge in [-0.25, -0.2) is 9.78 Å². The SMILES string of the molecule is Cc1cn2c(N3CCCN(C(=O)OC(C)(C)C)CC3)cccc2n1. The summed E-state index contributed by atoms with van der Waals surface area (Å²) in [4.78, 5) is 21.0. The zero-order chi connectivity index (χ0) is 17.3. The molecular weight excluding hydrogens is 304 g/mol. The molecule has 0 atom stereocenters. The van der Waals surface area contributed by atoms with Crippen molar-refractivity contribution in [2.75, 3.05) is 31.1 Å². The van der Waals surface area contributed by atoms with Crippen molar-refractivity contribution in [1.82, 2.24) is 14.3 Å². The lowest BCUT2D eigenvalue weighted by Gasteiger charge is -2.27. The maximum absolute atomic E-state index is 12.3. The van der Waals surface area contributed by atoms with Crippen molar-refractivity contribution < 1.29 is 9.53 Å². The van der Waals surface area contributed by atoms with Gasteiger partial charge in [0, 0.05) is 32.4 Å². The molecule has 1 fully saturated rings. The third-order valence-electron chi connectivity index (χ3n) is 4.06. The van der Waals surface area contributed by atoms with Crippen LogP contribution in [0.2, 0.25) is 0 Å². The number of hydrogen-bond donors (Lipinski definition) is 0. The van der Waals surface area contributed by atoms with Crippen LogP contribution in [-0.4, -0.2) is 52.2 Å². The second-order valence-corrected chi connectivity index (χ2v) is 7.30. The third-order valence-corrected chi connectivity index (χ3v) is 4.06. The van der Waals surface area contributed by atoms with Gasteiger partial charge in [0.25, 0.3) is 0 Å². The number of carbonyl (C=O) groups excluding carboxylic acids is 1. The summed E-state index contributed by atoms with van der Waals surface area (Å²) in [5.74, 6) is 1.12. The van der Waals surface area contributed by atoms with E-state index in [2.05, 4.69) is 26.5 Å². The summed E-state index contributed by atoms with van der Waals surface area (Å²) in [6.45, 7) is 10.8. The molecule has 0 saturated carbocycles. The molecule has 0 radical (unpaired) electrons. The van der Waals surface area contributed by atoms with E-state index in [0.717, 1.165) is 43.2 Å². The Balaban J connectivity index is 1.74. The van der Waals surface area contributed by atoms with E-state index < -0.39 is 5.60 Å². The molecule has 0 spiro atoms. The summed E-state index contributed by atoms with van der Waals surface area (Å²) >= 11 is 0. The van der Waals surface area contributed by atoms with Gasteiger partial charge in [-0.1, -0.05) is 6.07 Å². The van der Waals surface area contributed by atoms with Crippen LogP contribution in [0.15, 0.2) is 24.4 Å². The number of fused-ring (bicyclic) bond motifs is 1. The Kier molecular flexibility index (Phi) is 4.39. The zero-order valence-electron chi connectivity index (χ0n) is 15.0. The van der Waals surface area contributed by atoms with Gasteiger partial charge in [-0.15, -0.1) is 0 Å². The number of carbonyl (C=O) groups is 1. The van der Waals surface area contributed by atoms with Crippen molar-refractivity contribution in [3.8, 4) is 0 Å². The first-order chi connectivity index (χ1) is 11.3. The molecule has 0 unspecified atom stereocenters. The highest BCUT2D eigenvalue weighted by Crippen LogP contribution is 2.20. The van der Waals surface area contributed by atoms with E-state index in [0.29, 0.717) is 6.54 Å². The van der Waals surface area contributed by atoms with Gasteiger partial charge in [0.05, 0.1) is 5.69 Å². The van der Waals surface area contributed by atoms with Gasteiger partial charge in [0.15, 0.2) is 0 Å². The predicted molar refractivity (Wildman–Crippen MR) is 94.6 cm³/mol. The number of anilines is 1. The van der Waals surface area contributed by atoms with E-state index in [4.69, 9.17) is 4.74 Å². The molecule has 0 N–H and O–H groups in total. The lowest BCUT2D eigenvalue weighted by atomic mass is 10.2. The molecule has 1 amide bonds. The van der Waals surface area contributed by atoms with Crippen LogP contribution < -0.4 is 4.90 Å². The van der Waals surface area contributed by atoms with Gasteiger partial charge in [-0.2, -0.15) is 0 Å². The Morgan fingerprint density at radius 1 is 1.17 bits per heavy atom. The predicted octanol–water partition coefficient (Wildman–Crippen LogP) is 3.09. The van der Waals surface area contributed by atoms with Crippen LogP contribution in [0, 0.1) is 6.92 Å². The van der Waals surface area contributed by atoms with Crippen molar-refractivity contribution in [2.45, 2.75) is 39.7 Å². The Hall–Kier alpha value is -2.24. The molecular formula is C18H26N4O2. The first-order valence-corrected chi connectivity index (χ1v) is 8.51. The molecule has 1 aliphatic heterocycles. The van der Waals surface area contributed by atoms with E-state index in [9.17, 15) is 4.79 Å². The summed E-state index contributed by atoms with van der Waals surface area (Å²) in [6.07, 6.45) is 2.76. The highest BCUT2D eigenvalue weighted by molar-refractivity contribution is 5.68. The van der Waals surface area contributed by atoms with Crippen molar-refractivity contribution in [3.63, 3.8) is 0 Å². The Morgan fingerprint density at radius 3 is 2.71 bits per heavy atom. The fraction of sp³-hybridized carbons (Fsp3) is 0.556. The molecule has 6 heteroatoms. The Bertz CT molecular complexity index is 732. The van der Waals surface area contributed by atoms with E-state index >= 15 is 0 Å². The van der Waals surface area contributed by atoms with Crippen LogP contribution in [0.5, 0.6) is 0 Å². The molecule has 3 heterocycles. The number of amides is 1. The van der Waals surface area contributed by atoms with E-state index in [1.807, 2.05) is 44.7 Å². The second kappa shape index (κ2) is 6.34. The lowest BCUT2D eigenvalue weighted by molar-refractivity contribution is 0.0263. The number of imidazole rings is 1. The molecule has 3 rings (SSSR count). The lowest BCUT2D eigenvalue weighted by Crippen LogP contribution is -2.39. The van der Waals surface area contributed by atoms with Crippen molar-refractivity contribution in [1.29, 1.82) is 0 Å². The Labute approximate surface area is 143 Å². The van der Waals surface area contributed by atoms with Gasteiger partial charge >= 0.3 is 6.09 Å². The molecule has 24 heavy (non-hydrogen) atoms. The topological polar surface area (TPSA) is 50.1 Å². The van der Waals surface area contributed by atoms with Gasteiger partial charge in [-0.3, -0.25) is 4.40 Å². The Morgan fingerprint density at radius 2 is 1.96 bits per heavy atom. The number of nitrogens with zero attached hydrogens (tertiary/aromatic N) is 4. The van der Waals surface area contributed by atoms with Gasteiger partial charge in [-0.05, 0) is 46.2 Å². The minimum absolute atomic E-state index is 0.221. The summed E-state index contributed by atoms with van der Waals surface area (Å²) in [7, 11) is 0. The van der Waals surface area contributed by atoms with Gasteiger partial charge in [0.1, 0.15) is 17.1 Å². The normalized spacial score (nSPS) is 16.3. The number of rotatable bonds is 1. The molecule has 0 aromatic carbocycles. The summed E-state index contributed by atoms with van der Waals surface area (Å²) < 4.78 is 7.62. The minimum atomic E-state index is -0.455. The van der Waals surface area contributed by atoms with E-state index in [1.165, 1.54) is 0 Å². The van der Waals surface area contributed by atoms with Crippen LogP contribution in [0.25, 0.3) is 5.65 Å². The van der Waals surface area contributed by atoms with Crippen LogP contribution in [0.4, 0.5) is 10.6 Å². The molecule has 6 nitrogen and oxygen atoms in total. The monoisotopic (exact) mass is 330 g/mol. The second-order valence-electron chi connectivity index (χ2n) is 7.30. The first-order valence-electron chi connectivity index (χ1n) is 8.51. The van der Waals surface area contributed by atoms with Gasteiger partial charge in [0.2, 0.25) is 0 Å². The van der Waals surface area contributed by atoms with E-state index in [1.54, 1.807) is 0 Å². The fourth-order valence-corrected chi connectivity index (χ4v) is 3.03. The smallest absolute Gasteiger partial charge is 0.410 e.